The standard InChI is InChI=1S/C32H27N3O5.C8H12.C5H7NO2.CH5N/c1-20-24(15-8-16-25(29(33)31(37)38)30(36)34-22-11-4-2-5-12-22)32(39)40-28-19-27-21(18-26(20)28)10-9-17-35(27)23-13-6-3-7-14-23;1-4-5-6-7-8(2)3;1-3(2)4(6)5(7)8;1-2/h2-8,11-16,18-19,33H,9-10,17H2,1H3,(H,34,36)(H,37,38);4-7H,2H2,1,3H3;6H,1H2,2H3,(H,7,8);2H2,1H3/b15-8+,25-16-,33-29?;5-4-,7-6-;;. The van der Waals surface area contributed by atoms with Crippen LogP contribution in [0, 0.1) is 17.7 Å². The Bertz CT molecular complexity index is 2300. The molecule has 0 spiro atoms. The van der Waals surface area contributed by atoms with Crippen molar-refractivity contribution in [3.8, 4) is 0 Å². The molecule has 0 radical (unpaired) electrons. The molecule has 12 nitrogen and oxygen atoms in total. The summed E-state index contributed by atoms with van der Waals surface area (Å²) in [6.07, 6.45) is 13.9. The van der Waals surface area contributed by atoms with E-state index in [1.54, 1.807) is 30.3 Å². The van der Waals surface area contributed by atoms with E-state index in [0.29, 0.717) is 16.8 Å². The molecule has 7 N–H and O–H groups in total. The van der Waals surface area contributed by atoms with Crippen LogP contribution >= 0.6 is 0 Å². The molecule has 1 amide bonds. The predicted octanol–water partition coefficient (Wildman–Crippen LogP) is 8.80. The highest BCUT2D eigenvalue weighted by atomic mass is 16.4. The van der Waals surface area contributed by atoms with E-state index in [-0.39, 0.29) is 16.7 Å². The Hall–Kier alpha value is -7.18. The molecule has 0 saturated heterocycles. The zero-order chi connectivity index (χ0) is 43.4. The lowest BCUT2D eigenvalue weighted by molar-refractivity contribution is -0.130. The van der Waals surface area contributed by atoms with Crippen molar-refractivity contribution in [1.82, 2.24) is 0 Å². The molecule has 0 atom stereocenters. The van der Waals surface area contributed by atoms with Gasteiger partial charge in [-0.05, 0) is 107 Å². The fourth-order valence-electron chi connectivity index (χ4n) is 5.37. The largest absolute Gasteiger partial charge is 0.477 e. The summed E-state index contributed by atoms with van der Waals surface area (Å²) < 4.78 is 5.72. The Morgan fingerprint density at radius 2 is 1.50 bits per heavy atom. The molecule has 2 heterocycles. The Labute approximate surface area is 338 Å². The minimum Gasteiger partial charge on any atom is -0.477 e. The molecule has 0 bridgehead atoms. The molecule has 12 heteroatoms. The summed E-state index contributed by atoms with van der Waals surface area (Å²) in [6.45, 7) is 15.1. The van der Waals surface area contributed by atoms with Crippen molar-refractivity contribution >= 4 is 63.4 Å². The molecule has 5 rings (SSSR count). The number of hydrogen-bond acceptors (Lipinski definition) is 9. The van der Waals surface area contributed by atoms with Gasteiger partial charge in [-0.15, -0.1) is 0 Å². The van der Waals surface area contributed by atoms with Crippen molar-refractivity contribution in [3.05, 3.63) is 166 Å². The van der Waals surface area contributed by atoms with Crippen molar-refractivity contribution in [3.63, 3.8) is 0 Å². The van der Waals surface area contributed by atoms with E-state index < -0.39 is 34.9 Å². The van der Waals surface area contributed by atoms with Crippen LogP contribution in [-0.2, 0) is 20.8 Å². The first-order chi connectivity index (χ1) is 27.7. The molecule has 0 aliphatic carbocycles. The SMILES string of the molecule is C=C(C)/C=C\C=C/C.C=C(C)C(=N)C(=O)O.CN.Cc1c(/C=C/C=C(/C(=N)C(=O)O)C(=O)Nc2ccccc2)c(=O)oc2cc3c(cc12)CCCN3c1ccccc1. The summed E-state index contributed by atoms with van der Waals surface area (Å²) in [5, 5.41) is 35.4. The van der Waals surface area contributed by atoms with Gasteiger partial charge in [-0.25, -0.2) is 14.4 Å². The second-order valence-electron chi connectivity index (χ2n) is 12.6. The molecule has 0 unspecified atom stereocenters. The number of aliphatic carboxylic acids is 2. The van der Waals surface area contributed by atoms with Crippen molar-refractivity contribution in [2.45, 2.75) is 40.5 Å². The Morgan fingerprint density at radius 1 is 0.897 bits per heavy atom. The highest BCUT2D eigenvalue weighted by Gasteiger charge is 2.22. The number of anilines is 3. The number of rotatable bonds is 11. The number of benzene rings is 3. The lowest BCUT2D eigenvalue weighted by atomic mass is 9.96. The number of carboxylic acid groups (broad SMARTS) is 2. The number of nitrogens with one attached hydrogen (secondary N) is 3. The first-order valence-electron chi connectivity index (χ1n) is 18.2. The lowest BCUT2D eigenvalue weighted by Crippen LogP contribution is -2.25. The van der Waals surface area contributed by atoms with E-state index in [0.717, 1.165) is 47.3 Å². The van der Waals surface area contributed by atoms with Crippen molar-refractivity contribution < 1.29 is 29.0 Å². The molecule has 3 aromatic carbocycles. The third-order valence-electron chi connectivity index (χ3n) is 8.21. The van der Waals surface area contributed by atoms with E-state index in [1.807, 2.05) is 69.3 Å². The van der Waals surface area contributed by atoms with Crippen LogP contribution in [0.15, 0.2) is 148 Å². The third-order valence-corrected chi connectivity index (χ3v) is 8.21. The number of carboxylic acids is 2. The van der Waals surface area contributed by atoms with Crippen LogP contribution < -0.4 is 21.6 Å². The number of nitrogens with two attached hydrogens (primary N) is 1. The molecule has 0 saturated carbocycles. The maximum absolute atomic E-state index is 13.0. The monoisotopic (exact) mass is 785 g/mol. The Kier molecular flexibility index (Phi) is 19.2. The highest BCUT2D eigenvalue weighted by Crippen LogP contribution is 2.37. The van der Waals surface area contributed by atoms with Gasteiger partial charge in [0.2, 0.25) is 0 Å². The second kappa shape index (κ2) is 23.7. The van der Waals surface area contributed by atoms with Gasteiger partial charge in [0.25, 0.3) is 5.91 Å². The topological polar surface area (TPSA) is 211 Å². The van der Waals surface area contributed by atoms with E-state index >= 15 is 0 Å². The Morgan fingerprint density at radius 3 is 2.03 bits per heavy atom. The van der Waals surface area contributed by atoms with Crippen LogP contribution in [-0.4, -0.2) is 53.1 Å². The van der Waals surface area contributed by atoms with Crippen molar-refractivity contribution in [2.24, 2.45) is 5.73 Å². The van der Waals surface area contributed by atoms with Crippen molar-refractivity contribution in [1.29, 1.82) is 10.8 Å². The lowest BCUT2D eigenvalue weighted by Gasteiger charge is -2.31. The van der Waals surface area contributed by atoms with Gasteiger partial charge in [0.15, 0.2) is 5.71 Å². The number of amides is 1. The average Bonchev–Trinajstić information content (AvgIpc) is 3.21. The molecule has 1 aromatic heterocycles. The van der Waals surface area contributed by atoms with Crippen LogP contribution in [0.3, 0.4) is 0 Å². The normalized spacial score (nSPS) is 12.0. The fourth-order valence-corrected chi connectivity index (χ4v) is 5.37. The number of hydrogen-bond donors (Lipinski definition) is 6. The molecule has 1 aliphatic heterocycles. The quantitative estimate of drug-likeness (QED) is 0.0371. The molecule has 58 heavy (non-hydrogen) atoms. The summed E-state index contributed by atoms with van der Waals surface area (Å²) in [7, 11) is 1.50. The van der Waals surface area contributed by atoms with E-state index in [4.69, 9.17) is 20.3 Å². The maximum atomic E-state index is 13.0. The molecule has 4 aromatic rings. The fraction of sp³-hybridized carbons (Fsp3) is 0.174. The Balaban J connectivity index is 0.000000539. The van der Waals surface area contributed by atoms with E-state index in [2.05, 4.69) is 47.3 Å². The number of para-hydroxylation sites is 2. The minimum absolute atomic E-state index is 0.275. The van der Waals surface area contributed by atoms with Gasteiger partial charge in [-0.3, -0.25) is 15.6 Å². The molecular formula is C46H51N5O7. The second-order valence-corrected chi connectivity index (χ2v) is 12.6. The predicted molar refractivity (Wildman–Crippen MR) is 236 cm³/mol. The van der Waals surface area contributed by atoms with Crippen molar-refractivity contribution in [2.75, 3.05) is 23.8 Å². The summed E-state index contributed by atoms with van der Waals surface area (Å²) in [4.78, 5) is 49.3. The average molecular weight is 786 g/mol. The van der Waals surface area contributed by atoms with Gasteiger partial charge in [-0.1, -0.05) is 85.5 Å². The number of carbonyl (C=O) groups excluding carboxylic acids is 1. The zero-order valence-electron chi connectivity index (χ0n) is 33.5. The van der Waals surface area contributed by atoms with Gasteiger partial charge in [0, 0.05) is 35.1 Å². The third kappa shape index (κ3) is 13.8. The van der Waals surface area contributed by atoms with Crippen LogP contribution in [0.5, 0.6) is 0 Å². The summed E-state index contributed by atoms with van der Waals surface area (Å²) >= 11 is 0. The van der Waals surface area contributed by atoms with Gasteiger partial charge in [0.05, 0.1) is 11.1 Å². The molecule has 302 valence electrons. The number of fused-ring (bicyclic) bond motifs is 2. The van der Waals surface area contributed by atoms with Gasteiger partial charge >= 0.3 is 17.6 Å². The van der Waals surface area contributed by atoms with E-state index in [9.17, 15) is 24.3 Å². The summed E-state index contributed by atoms with van der Waals surface area (Å²) in [6, 6.07) is 22.6. The number of allylic oxidation sites excluding steroid dienone is 7. The first kappa shape index (κ1) is 47.0. The molecular weight excluding hydrogens is 735 g/mol. The van der Waals surface area contributed by atoms with E-state index in [1.165, 1.54) is 32.2 Å². The highest BCUT2D eigenvalue weighted by molar-refractivity contribution is 6.48. The molecule has 0 fully saturated rings. The van der Waals surface area contributed by atoms with Gasteiger partial charge in [0.1, 0.15) is 11.3 Å². The van der Waals surface area contributed by atoms with Gasteiger partial charge < -0.3 is 30.6 Å². The van der Waals surface area contributed by atoms with Gasteiger partial charge in [-0.2, -0.15) is 0 Å². The van der Waals surface area contributed by atoms with Crippen LogP contribution in [0.2, 0.25) is 0 Å². The number of carbonyl (C=O) groups is 3. The van der Waals surface area contributed by atoms with Crippen LogP contribution in [0.4, 0.5) is 17.1 Å². The zero-order valence-corrected chi connectivity index (χ0v) is 33.5. The summed E-state index contributed by atoms with van der Waals surface area (Å²) in [5.74, 6) is -3.52. The maximum Gasteiger partial charge on any atom is 0.354 e. The summed E-state index contributed by atoms with van der Waals surface area (Å²) in [5.41, 5.74) is 8.83. The van der Waals surface area contributed by atoms with Crippen LogP contribution in [0.1, 0.15) is 43.9 Å². The van der Waals surface area contributed by atoms with Crippen LogP contribution in [0.25, 0.3) is 17.0 Å². The first-order valence-corrected chi connectivity index (χ1v) is 18.2. The number of aryl methyl sites for hydroxylation is 2. The number of nitrogens with zero attached hydrogens (tertiary/aromatic N) is 1. The molecule has 1 aliphatic rings. The minimum atomic E-state index is -1.54. The smallest absolute Gasteiger partial charge is 0.354 e.